The topological polar surface area (TPSA) is 67.2 Å². The van der Waals surface area contributed by atoms with Crippen LogP contribution >= 0.6 is 15.9 Å². The number of nitrogens with zero attached hydrogens (tertiary/aromatic N) is 1. The first kappa shape index (κ1) is 17.3. The van der Waals surface area contributed by atoms with E-state index in [9.17, 15) is 8.42 Å². The Morgan fingerprint density at radius 2 is 1.96 bits per heavy atom. The van der Waals surface area contributed by atoms with Crippen molar-refractivity contribution in [3.05, 3.63) is 69.0 Å². The maximum absolute atomic E-state index is 11.6. The molecular weight excluding hydrogens is 378 g/mol. The summed E-state index contributed by atoms with van der Waals surface area (Å²) in [5, 5.41) is 9.04. The highest BCUT2D eigenvalue weighted by Crippen LogP contribution is 2.27. The van der Waals surface area contributed by atoms with Crippen molar-refractivity contribution in [1.82, 2.24) is 0 Å². The van der Waals surface area contributed by atoms with E-state index in [0.717, 1.165) is 16.3 Å². The lowest BCUT2D eigenvalue weighted by Crippen LogP contribution is -2.00. The maximum atomic E-state index is 11.6. The molecule has 0 spiro atoms. The van der Waals surface area contributed by atoms with Crippen LogP contribution in [0.2, 0.25) is 0 Å². The summed E-state index contributed by atoms with van der Waals surface area (Å²) in [5.41, 5.74) is 1.52. The summed E-state index contributed by atoms with van der Waals surface area (Å²) in [4.78, 5) is -0.305. The van der Waals surface area contributed by atoms with E-state index in [1.807, 2.05) is 30.3 Å². The zero-order valence-corrected chi connectivity index (χ0v) is 14.8. The molecule has 0 heterocycles. The third-order valence-corrected chi connectivity index (χ3v) is 4.51. The Kier molecular flexibility index (Phi) is 5.59. The minimum Gasteiger partial charge on any atom is -0.488 e. The molecule has 2 rings (SSSR count). The van der Waals surface area contributed by atoms with Crippen LogP contribution in [0.1, 0.15) is 11.1 Å². The zero-order valence-electron chi connectivity index (χ0n) is 12.4. The Labute approximate surface area is 144 Å². The van der Waals surface area contributed by atoms with Gasteiger partial charge in [0.1, 0.15) is 23.3 Å². The Morgan fingerprint density at radius 1 is 1.26 bits per heavy atom. The van der Waals surface area contributed by atoms with Gasteiger partial charge < -0.3 is 4.74 Å². The van der Waals surface area contributed by atoms with Crippen molar-refractivity contribution in [2.24, 2.45) is 0 Å². The van der Waals surface area contributed by atoms with Crippen LogP contribution in [-0.4, -0.2) is 14.7 Å². The largest absolute Gasteiger partial charge is 0.488 e. The number of halogens is 1. The average Bonchev–Trinajstić information content (AvgIpc) is 2.51. The van der Waals surface area contributed by atoms with Crippen LogP contribution in [0.3, 0.4) is 0 Å². The summed E-state index contributed by atoms with van der Waals surface area (Å²) in [6.07, 6.45) is 2.32. The first-order valence-electron chi connectivity index (χ1n) is 6.68. The van der Waals surface area contributed by atoms with Crippen LogP contribution in [0.25, 0.3) is 6.08 Å². The first-order valence-corrected chi connectivity index (χ1v) is 9.37. The fourth-order valence-corrected chi connectivity index (χ4v) is 2.75. The molecule has 0 fully saturated rings. The van der Waals surface area contributed by atoms with Crippen molar-refractivity contribution in [3.63, 3.8) is 0 Å². The van der Waals surface area contributed by atoms with Gasteiger partial charge in [0.05, 0.1) is 0 Å². The molecule has 23 heavy (non-hydrogen) atoms. The molecule has 0 N–H and O–H groups in total. The molecule has 0 aliphatic carbocycles. The Morgan fingerprint density at radius 3 is 2.57 bits per heavy atom. The molecule has 2 aromatic rings. The van der Waals surface area contributed by atoms with E-state index in [4.69, 9.17) is 10.00 Å². The molecule has 2 aromatic carbocycles. The SMILES string of the molecule is CS(=O)(=O)C(C#N)=Cc1cc(Br)ccc1OCc1ccccc1. The van der Waals surface area contributed by atoms with Crippen molar-refractivity contribution in [3.8, 4) is 11.8 Å². The number of rotatable bonds is 5. The molecule has 0 aliphatic rings. The van der Waals surface area contributed by atoms with Gasteiger partial charge in [-0.2, -0.15) is 5.26 Å². The van der Waals surface area contributed by atoms with Gasteiger partial charge in [-0.15, -0.1) is 0 Å². The second-order valence-corrected chi connectivity index (χ2v) is 7.75. The molecule has 0 unspecified atom stereocenters. The predicted molar refractivity (Wildman–Crippen MR) is 93.3 cm³/mol. The molecule has 0 bridgehead atoms. The van der Waals surface area contributed by atoms with E-state index in [1.165, 1.54) is 6.08 Å². The molecular formula is C17H14BrNO3S. The predicted octanol–water partition coefficient (Wildman–Crippen LogP) is 3.94. The second kappa shape index (κ2) is 7.44. The Balaban J connectivity index is 2.35. The average molecular weight is 392 g/mol. The quantitative estimate of drug-likeness (QED) is 0.723. The molecule has 0 aromatic heterocycles. The van der Waals surface area contributed by atoms with Gasteiger partial charge in [-0.1, -0.05) is 46.3 Å². The lowest BCUT2D eigenvalue weighted by atomic mass is 10.2. The van der Waals surface area contributed by atoms with E-state index < -0.39 is 9.84 Å². The van der Waals surface area contributed by atoms with E-state index >= 15 is 0 Å². The zero-order chi connectivity index (χ0) is 16.9. The lowest BCUT2D eigenvalue weighted by molar-refractivity contribution is 0.305. The Bertz CT molecular complexity index is 868. The molecule has 0 radical (unpaired) electrons. The summed E-state index contributed by atoms with van der Waals surface area (Å²) in [6.45, 7) is 0.351. The van der Waals surface area contributed by atoms with Gasteiger partial charge in [-0.25, -0.2) is 8.42 Å². The third kappa shape index (κ3) is 4.95. The fraction of sp³-hybridized carbons (Fsp3) is 0.118. The van der Waals surface area contributed by atoms with Crippen LogP contribution in [0.5, 0.6) is 5.75 Å². The standard InChI is InChI=1S/C17H14BrNO3S/c1-23(20,21)16(11-19)10-14-9-15(18)7-8-17(14)22-12-13-5-3-2-4-6-13/h2-10H,12H2,1H3. The van der Waals surface area contributed by atoms with Gasteiger partial charge in [0.15, 0.2) is 9.84 Å². The van der Waals surface area contributed by atoms with Gasteiger partial charge >= 0.3 is 0 Å². The number of benzene rings is 2. The van der Waals surface area contributed by atoms with Crippen molar-refractivity contribution in [2.75, 3.05) is 6.26 Å². The number of allylic oxidation sites excluding steroid dienone is 1. The van der Waals surface area contributed by atoms with Gasteiger partial charge in [-0.3, -0.25) is 0 Å². The number of nitriles is 1. The summed E-state index contributed by atoms with van der Waals surface area (Å²) >= 11 is 3.34. The Hall–Kier alpha value is -2.10. The van der Waals surface area contributed by atoms with Crippen LogP contribution in [0, 0.1) is 11.3 Å². The number of sulfone groups is 1. The minimum atomic E-state index is -3.58. The van der Waals surface area contributed by atoms with E-state index in [1.54, 1.807) is 24.3 Å². The van der Waals surface area contributed by atoms with Gasteiger partial charge in [0.25, 0.3) is 0 Å². The lowest BCUT2D eigenvalue weighted by Gasteiger charge is -2.10. The molecule has 0 aliphatic heterocycles. The normalized spacial score (nSPS) is 11.8. The van der Waals surface area contributed by atoms with E-state index in [0.29, 0.717) is 17.9 Å². The van der Waals surface area contributed by atoms with Crippen LogP contribution < -0.4 is 4.74 Å². The fourth-order valence-electron chi connectivity index (χ4n) is 1.86. The highest BCUT2D eigenvalue weighted by atomic mass is 79.9. The van der Waals surface area contributed by atoms with Gasteiger partial charge in [0.2, 0.25) is 0 Å². The van der Waals surface area contributed by atoms with E-state index in [2.05, 4.69) is 15.9 Å². The smallest absolute Gasteiger partial charge is 0.185 e. The maximum Gasteiger partial charge on any atom is 0.185 e. The van der Waals surface area contributed by atoms with Crippen molar-refractivity contribution in [2.45, 2.75) is 6.61 Å². The number of ether oxygens (including phenoxy) is 1. The summed E-state index contributed by atoms with van der Waals surface area (Å²) in [5.74, 6) is 0.508. The molecule has 0 saturated heterocycles. The molecule has 4 nitrogen and oxygen atoms in total. The summed E-state index contributed by atoms with van der Waals surface area (Å²) in [7, 11) is -3.58. The van der Waals surface area contributed by atoms with Gasteiger partial charge in [-0.05, 0) is 29.8 Å². The van der Waals surface area contributed by atoms with E-state index in [-0.39, 0.29) is 4.91 Å². The van der Waals surface area contributed by atoms with Crippen molar-refractivity contribution in [1.29, 1.82) is 5.26 Å². The number of hydrogen-bond donors (Lipinski definition) is 0. The first-order chi connectivity index (χ1) is 10.9. The molecule has 6 heteroatoms. The van der Waals surface area contributed by atoms with Crippen LogP contribution in [-0.2, 0) is 16.4 Å². The van der Waals surface area contributed by atoms with Crippen LogP contribution in [0.15, 0.2) is 57.9 Å². The van der Waals surface area contributed by atoms with Crippen molar-refractivity contribution >= 4 is 31.8 Å². The molecule has 0 amide bonds. The minimum absolute atomic E-state index is 0.305. The number of hydrogen-bond acceptors (Lipinski definition) is 4. The summed E-state index contributed by atoms with van der Waals surface area (Å²) in [6, 6.07) is 16.6. The molecule has 0 saturated carbocycles. The molecule has 0 atom stereocenters. The van der Waals surface area contributed by atoms with Crippen molar-refractivity contribution < 1.29 is 13.2 Å². The highest BCUT2D eigenvalue weighted by Gasteiger charge is 2.13. The van der Waals surface area contributed by atoms with Gasteiger partial charge in [0, 0.05) is 16.3 Å². The highest BCUT2D eigenvalue weighted by molar-refractivity contribution is 9.10. The second-order valence-electron chi connectivity index (χ2n) is 4.85. The summed E-state index contributed by atoms with van der Waals surface area (Å²) < 4.78 is 29.7. The monoisotopic (exact) mass is 391 g/mol. The third-order valence-electron chi connectivity index (χ3n) is 3.01. The van der Waals surface area contributed by atoms with Crippen LogP contribution in [0.4, 0.5) is 0 Å². The molecule has 118 valence electrons.